The van der Waals surface area contributed by atoms with Crippen LogP contribution in [0.15, 0.2) is 30.3 Å². The van der Waals surface area contributed by atoms with Gasteiger partial charge in [-0.1, -0.05) is 12.1 Å². The van der Waals surface area contributed by atoms with Gasteiger partial charge in [0.15, 0.2) is 0 Å². The van der Waals surface area contributed by atoms with Crippen LogP contribution in [-0.4, -0.2) is 35.1 Å². The van der Waals surface area contributed by atoms with Crippen molar-refractivity contribution >= 4 is 12.0 Å². The van der Waals surface area contributed by atoms with Crippen LogP contribution in [0.1, 0.15) is 18.4 Å². The van der Waals surface area contributed by atoms with Gasteiger partial charge in [-0.05, 0) is 42.5 Å². The number of amides is 1. The van der Waals surface area contributed by atoms with E-state index < -0.39 is 0 Å². The maximum atomic E-state index is 13.0. The zero-order chi connectivity index (χ0) is 14.1. The van der Waals surface area contributed by atoms with Crippen molar-refractivity contribution in [2.24, 2.45) is 11.8 Å². The van der Waals surface area contributed by atoms with Crippen molar-refractivity contribution in [1.82, 2.24) is 4.90 Å². The third-order valence-corrected chi connectivity index (χ3v) is 4.40. The Hall–Kier alpha value is -1.68. The van der Waals surface area contributed by atoms with Crippen molar-refractivity contribution in [3.05, 3.63) is 41.7 Å². The van der Waals surface area contributed by atoms with E-state index in [0.29, 0.717) is 18.0 Å². The molecular weight excluding hydrogens is 257 g/mol. The monoisotopic (exact) mass is 275 g/mol. The molecule has 1 heterocycles. The summed E-state index contributed by atoms with van der Waals surface area (Å²) in [5, 5.41) is 9.84. The van der Waals surface area contributed by atoms with Crippen molar-refractivity contribution < 1.29 is 14.3 Å². The van der Waals surface area contributed by atoms with Gasteiger partial charge in [0.05, 0.1) is 6.10 Å². The van der Waals surface area contributed by atoms with E-state index in [4.69, 9.17) is 0 Å². The first-order chi connectivity index (χ1) is 9.63. The highest BCUT2D eigenvalue weighted by molar-refractivity contribution is 5.92. The zero-order valence-corrected chi connectivity index (χ0v) is 11.2. The number of benzene rings is 1. The molecule has 0 bridgehead atoms. The van der Waals surface area contributed by atoms with E-state index in [0.717, 1.165) is 19.4 Å². The Morgan fingerprint density at radius 1 is 1.35 bits per heavy atom. The molecule has 3 unspecified atom stereocenters. The van der Waals surface area contributed by atoms with Crippen molar-refractivity contribution in [3.63, 3.8) is 0 Å². The molecule has 106 valence electrons. The van der Waals surface area contributed by atoms with Gasteiger partial charge in [-0.15, -0.1) is 0 Å². The molecular formula is C16H18FNO2. The quantitative estimate of drug-likeness (QED) is 0.839. The molecule has 4 heteroatoms. The molecule has 20 heavy (non-hydrogen) atoms. The average molecular weight is 275 g/mol. The van der Waals surface area contributed by atoms with Crippen molar-refractivity contribution in [1.29, 1.82) is 0 Å². The lowest BCUT2D eigenvalue weighted by molar-refractivity contribution is -0.125. The summed E-state index contributed by atoms with van der Waals surface area (Å²) in [5.74, 6) is 0.312. The molecule has 1 amide bonds. The summed E-state index contributed by atoms with van der Waals surface area (Å²) in [7, 11) is 0. The number of fused-ring (bicyclic) bond motifs is 1. The van der Waals surface area contributed by atoms with E-state index in [1.165, 1.54) is 18.2 Å². The fourth-order valence-corrected chi connectivity index (χ4v) is 3.30. The first kappa shape index (κ1) is 13.3. The first-order valence-electron chi connectivity index (χ1n) is 7.04. The Kier molecular flexibility index (Phi) is 3.57. The molecule has 3 nitrogen and oxygen atoms in total. The lowest BCUT2D eigenvalue weighted by atomic mass is 10.00. The lowest BCUT2D eigenvalue weighted by Gasteiger charge is -2.16. The van der Waals surface area contributed by atoms with Crippen LogP contribution in [0.2, 0.25) is 0 Å². The van der Waals surface area contributed by atoms with Crippen LogP contribution < -0.4 is 0 Å². The van der Waals surface area contributed by atoms with Gasteiger partial charge in [0.2, 0.25) is 5.91 Å². The van der Waals surface area contributed by atoms with Crippen LogP contribution in [-0.2, 0) is 4.79 Å². The number of halogens is 1. The van der Waals surface area contributed by atoms with E-state index in [2.05, 4.69) is 0 Å². The molecule has 1 saturated carbocycles. The SMILES string of the molecule is O=C(/C=C/c1cccc(F)c1)N1CC2CCC(O)C2C1. The molecule has 0 radical (unpaired) electrons. The first-order valence-corrected chi connectivity index (χ1v) is 7.04. The summed E-state index contributed by atoms with van der Waals surface area (Å²) in [6, 6.07) is 6.15. The molecule has 1 aromatic carbocycles. The predicted molar refractivity (Wildman–Crippen MR) is 74.2 cm³/mol. The summed E-state index contributed by atoms with van der Waals surface area (Å²) in [4.78, 5) is 13.9. The highest BCUT2D eigenvalue weighted by Gasteiger charge is 2.42. The smallest absolute Gasteiger partial charge is 0.246 e. The molecule has 2 fully saturated rings. The zero-order valence-electron chi connectivity index (χ0n) is 11.2. The minimum Gasteiger partial charge on any atom is -0.393 e. The van der Waals surface area contributed by atoms with E-state index in [-0.39, 0.29) is 23.7 Å². The van der Waals surface area contributed by atoms with Gasteiger partial charge in [0.25, 0.3) is 0 Å². The Morgan fingerprint density at radius 3 is 2.95 bits per heavy atom. The second-order valence-corrected chi connectivity index (χ2v) is 5.70. The third kappa shape index (κ3) is 2.61. The summed E-state index contributed by atoms with van der Waals surface area (Å²) in [6.45, 7) is 1.37. The van der Waals surface area contributed by atoms with Gasteiger partial charge in [-0.25, -0.2) is 4.39 Å². The number of hydrogen-bond donors (Lipinski definition) is 1. The fourth-order valence-electron chi connectivity index (χ4n) is 3.30. The van der Waals surface area contributed by atoms with Crippen LogP contribution in [0, 0.1) is 17.7 Å². The standard InChI is InChI=1S/C16H18FNO2/c17-13-3-1-2-11(8-13)4-7-16(20)18-9-12-5-6-15(19)14(12)10-18/h1-4,7-8,12,14-15,19H,5-6,9-10H2/b7-4+. The molecule has 1 aromatic rings. The van der Waals surface area contributed by atoms with Gasteiger partial charge in [0, 0.05) is 25.1 Å². The number of hydrogen-bond acceptors (Lipinski definition) is 2. The van der Waals surface area contributed by atoms with Gasteiger partial charge >= 0.3 is 0 Å². The fraction of sp³-hybridized carbons (Fsp3) is 0.438. The summed E-state index contributed by atoms with van der Waals surface area (Å²) < 4.78 is 13.0. The normalized spacial score (nSPS) is 29.1. The maximum Gasteiger partial charge on any atom is 0.246 e. The van der Waals surface area contributed by atoms with E-state index in [9.17, 15) is 14.3 Å². The number of likely N-dealkylation sites (tertiary alicyclic amines) is 1. The lowest BCUT2D eigenvalue weighted by Crippen LogP contribution is -2.29. The van der Waals surface area contributed by atoms with Crippen molar-refractivity contribution in [3.8, 4) is 0 Å². The molecule has 1 N–H and O–H groups in total. The number of carbonyl (C=O) groups excluding carboxylic acids is 1. The summed E-state index contributed by atoms with van der Waals surface area (Å²) in [5.41, 5.74) is 0.678. The van der Waals surface area contributed by atoms with Crippen molar-refractivity contribution in [2.75, 3.05) is 13.1 Å². The average Bonchev–Trinajstić information content (AvgIpc) is 2.99. The minimum atomic E-state index is -0.307. The molecule has 1 aliphatic carbocycles. The molecule has 1 saturated heterocycles. The van der Waals surface area contributed by atoms with E-state index in [1.54, 1.807) is 23.1 Å². The van der Waals surface area contributed by atoms with Gasteiger partial charge in [-0.2, -0.15) is 0 Å². The number of aliphatic hydroxyl groups is 1. The molecule has 3 rings (SSSR count). The molecule has 0 spiro atoms. The number of rotatable bonds is 2. The maximum absolute atomic E-state index is 13.0. The van der Waals surface area contributed by atoms with Crippen LogP contribution in [0.3, 0.4) is 0 Å². The van der Waals surface area contributed by atoms with Gasteiger partial charge in [-0.3, -0.25) is 4.79 Å². The van der Waals surface area contributed by atoms with Crippen LogP contribution >= 0.6 is 0 Å². The predicted octanol–water partition coefficient (Wildman–Crippen LogP) is 2.07. The third-order valence-electron chi connectivity index (χ3n) is 4.40. The van der Waals surface area contributed by atoms with E-state index in [1.807, 2.05) is 0 Å². The van der Waals surface area contributed by atoms with E-state index >= 15 is 0 Å². The van der Waals surface area contributed by atoms with Crippen LogP contribution in [0.4, 0.5) is 4.39 Å². The molecule has 1 aliphatic heterocycles. The number of carbonyl (C=O) groups is 1. The number of nitrogens with zero attached hydrogens (tertiary/aromatic N) is 1. The molecule has 0 aromatic heterocycles. The van der Waals surface area contributed by atoms with Crippen molar-refractivity contribution in [2.45, 2.75) is 18.9 Å². The summed E-state index contributed by atoms with van der Waals surface area (Å²) >= 11 is 0. The largest absolute Gasteiger partial charge is 0.393 e. The Labute approximate surface area is 117 Å². The molecule has 3 atom stereocenters. The van der Waals surface area contributed by atoms with Gasteiger partial charge < -0.3 is 10.0 Å². The van der Waals surface area contributed by atoms with Crippen LogP contribution in [0.5, 0.6) is 0 Å². The number of aliphatic hydroxyl groups excluding tert-OH is 1. The second kappa shape index (κ2) is 5.37. The Morgan fingerprint density at radius 2 is 2.20 bits per heavy atom. The Bertz CT molecular complexity index is 543. The molecule has 2 aliphatic rings. The highest BCUT2D eigenvalue weighted by atomic mass is 19.1. The highest BCUT2D eigenvalue weighted by Crippen LogP contribution is 2.38. The second-order valence-electron chi connectivity index (χ2n) is 5.70. The summed E-state index contributed by atoms with van der Waals surface area (Å²) in [6.07, 6.45) is 4.72. The minimum absolute atomic E-state index is 0.0594. The Balaban J connectivity index is 1.63. The topological polar surface area (TPSA) is 40.5 Å². The van der Waals surface area contributed by atoms with Gasteiger partial charge in [0.1, 0.15) is 5.82 Å². The van der Waals surface area contributed by atoms with Crippen LogP contribution in [0.25, 0.3) is 6.08 Å².